The lowest BCUT2D eigenvalue weighted by molar-refractivity contribution is 0.0283. The number of carbonyl (C=O) groups is 2. The number of rotatable bonds is 6. The molecule has 3 N–H and O–H groups in total. The summed E-state index contributed by atoms with van der Waals surface area (Å²) in [6, 6.07) is 11.3. The zero-order valence-electron chi connectivity index (χ0n) is 27.5. The topological polar surface area (TPSA) is 130 Å². The van der Waals surface area contributed by atoms with Gasteiger partial charge in [-0.2, -0.15) is 0 Å². The number of ether oxygens (including phenoxy) is 1. The van der Waals surface area contributed by atoms with E-state index in [4.69, 9.17) is 9.72 Å². The minimum Gasteiger partial charge on any atom is -0.505 e. The van der Waals surface area contributed by atoms with Crippen molar-refractivity contribution in [3.8, 4) is 16.9 Å². The van der Waals surface area contributed by atoms with Gasteiger partial charge in [0.2, 0.25) is 0 Å². The van der Waals surface area contributed by atoms with Crippen molar-refractivity contribution in [3.05, 3.63) is 76.4 Å². The predicted molar refractivity (Wildman–Crippen MR) is 179 cm³/mol. The van der Waals surface area contributed by atoms with E-state index in [1.807, 2.05) is 48.4 Å². The van der Waals surface area contributed by atoms with Gasteiger partial charge in [0, 0.05) is 95.0 Å². The average Bonchev–Trinajstić information content (AvgIpc) is 3.59. The number of phenols is 1. The number of amides is 2. The number of hydrogen-bond acceptors (Lipinski definition) is 8. The number of phenolic OH excluding ortho intramolecular Hbond substituents is 1. The molecule has 0 atom stereocenters. The van der Waals surface area contributed by atoms with E-state index in [1.54, 1.807) is 18.2 Å². The first-order valence-corrected chi connectivity index (χ1v) is 16.3. The number of benzene rings is 2. The lowest BCUT2D eigenvalue weighted by atomic mass is 9.97. The zero-order valence-corrected chi connectivity index (χ0v) is 27.5. The minimum atomic E-state index is -0.381. The van der Waals surface area contributed by atoms with Crippen LogP contribution in [0.5, 0.6) is 5.75 Å². The molecule has 1 saturated heterocycles. The summed E-state index contributed by atoms with van der Waals surface area (Å²) in [5, 5.41) is 17.3. The van der Waals surface area contributed by atoms with Crippen LogP contribution in [0, 0.1) is 6.92 Å². The Morgan fingerprint density at radius 2 is 1.38 bits per heavy atom. The van der Waals surface area contributed by atoms with Crippen LogP contribution in [0.25, 0.3) is 11.1 Å². The first-order chi connectivity index (χ1) is 22.7. The number of nitrogens with one attached hydrogen (secondary N) is 2. The number of aromatic nitrogens is 4. The van der Waals surface area contributed by atoms with E-state index < -0.39 is 0 Å². The number of anilines is 2. The second-order valence-electron chi connectivity index (χ2n) is 12.9. The second kappa shape index (κ2) is 12.6. The molecule has 0 spiro atoms. The quantitative estimate of drug-likeness (QED) is 0.272. The Balaban J connectivity index is 1.09. The van der Waals surface area contributed by atoms with Crippen LogP contribution in [0.4, 0.5) is 11.4 Å². The summed E-state index contributed by atoms with van der Waals surface area (Å²) in [7, 11) is 5.81. The van der Waals surface area contributed by atoms with Crippen LogP contribution < -0.4 is 10.6 Å². The summed E-state index contributed by atoms with van der Waals surface area (Å²) in [6.45, 7) is 6.77. The van der Waals surface area contributed by atoms with E-state index >= 15 is 0 Å². The SMILES string of the molecule is Cc1c(NC(=O)c2nc3c(n2C)CCN(C)C3)cccc1-c1cccc(NC(=O)c2nc3c(n2C)CCN(C2CCOCC2)C3)c1O. The van der Waals surface area contributed by atoms with E-state index in [0.717, 1.165) is 92.4 Å². The van der Waals surface area contributed by atoms with E-state index in [9.17, 15) is 14.7 Å². The van der Waals surface area contributed by atoms with Crippen molar-refractivity contribution in [3.63, 3.8) is 0 Å². The molecule has 2 amide bonds. The van der Waals surface area contributed by atoms with Crippen molar-refractivity contribution in [2.45, 2.75) is 51.7 Å². The first kappa shape index (κ1) is 31.1. The van der Waals surface area contributed by atoms with Gasteiger partial charge < -0.3 is 34.5 Å². The van der Waals surface area contributed by atoms with Crippen molar-refractivity contribution >= 4 is 23.2 Å². The zero-order chi connectivity index (χ0) is 32.8. The van der Waals surface area contributed by atoms with Crippen LogP contribution in [0.1, 0.15) is 62.4 Å². The largest absolute Gasteiger partial charge is 0.505 e. The van der Waals surface area contributed by atoms with Crippen LogP contribution in [0.15, 0.2) is 36.4 Å². The van der Waals surface area contributed by atoms with Crippen molar-refractivity contribution in [2.75, 3.05) is 44.0 Å². The third-order valence-corrected chi connectivity index (χ3v) is 10.0. The molecule has 5 heterocycles. The van der Waals surface area contributed by atoms with Crippen LogP contribution in [0.2, 0.25) is 0 Å². The molecule has 2 aromatic carbocycles. The maximum Gasteiger partial charge on any atom is 0.291 e. The maximum atomic E-state index is 13.5. The summed E-state index contributed by atoms with van der Waals surface area (Å²) in [5.41, 5.74) is 6.99. The first-order valence-electron chi connectivity index (χ1n) is 16.3. The van der Waals surface area contributed by atoms with E-state index in [1.165, 1.54) is 0 Å². The molecule has 12 heteroatoms. The Morgan fingerprint density at radius 3 is 2.06 bits per heavy atom. The molecule has 3 aliphatic rings. The summed E-state index contributed by atoms with van der Waals surface area (Å²) in [5.74, 6) is -0.0395. The van der Waals surface area contributed by atoms with E-state index in [0.29, 0.717) is 35.5 Å². The summed E-state index contributed by atoms with van der Waals surface area (Å²) < 4.78 is 9.30. The maximum absolute atomic E-state index is 13.5. The van der Waals surface area contributed by atoms with Gasteiger partial charge in [0.1, 0.15) is 5.75 Å². The van der Waals surface area contributed by atoms with Gasteiger partial charge in [-0.3, -0.25) is 14.5 Å². The average molecular weight is 639 g/mol. The molecule has 0 saturated carbocycles. The number of nitrogens with zero attached hydrogens (tertiary/aromatic N) is 6. The Morgan fingerprint density at radius 1 is 0.809 bits per heavy atom. The Hall–Kier alpha value is -4.52. The molecule has 47 heavy (non-hydrogen) atoms. The van der Waals surface area contributed by atoms with Gasteiger partial charge in [0.15, 0.2) is 11.6 Å². The fourth-order valence-corrected chi connectivity index (χ4v) is 7.26. The van der Waals surface area contributed by atoms with Crippen molar-refractivity contribution in [2.24, 2.45) is 14.1 Å². The minimum absolute atomic E-state index is 0.0574. The van der Waals surface area contributed by atoms with Crippen molar-refractivity contribution in [1.29, 1.82) is 0 Å². The number of hydrogen-bond donors (Lipinski definition) is 3. The van der Waals surface area contributed by atoms with Gasteiger partial charge in [-0.1, -0.05) is 24.3 Å². The molecule has 12 nitrogen and oxygen atoms in total. The van der Waals surface area contributed by atoms with E-state index in [-0.39, 0.29) is 23.3 Å². The highest BCUT2D eigenvalue weighted by Crippen LogP contribution is 2.39. The number of imidazole rings is 2. The second-order valence-corrected chi connectivity index (χ2v) is 12.9. The molecule has 0 bridgehead atoms. The van der Waals surface area contributed by atoms with Crippen LogP contribution in [-0.2, 0) is 44.8 Å². The van der Waals surface area contributed by atoms with Gasteiger partial charge in [-0.15, -0.1) is 0 Å². The number of carbonyl (C=O) groups excluding carboxylic acids is 2. The monoisotopic (exact) mass is 638 g/mol. The van der Waals surface area contributed by atoms with Gasteiger partial charge >= 0.3 is 0 Å². The van der Waals surface area contributed by atoms with Crippen LogP contribution in [-0.4, -0.2) is 85.2 Å². The Labute approximate surface area is 274 Å². The van der Waals surface area contributed by atoms with Crippen LogP contribution >= 0.6 is 0 Å². The van der Waals surface area contributed by atoms with Crippen molar-refractivity contribution < 1.29 is 19.4 Å². The molecule has 4 aromatic rings. The highest BCUT2D eigenvalue weighted by Gasteiger charge is 2.30. The molecule has 0 unspecified atom stereocenters. The fourth-order valence-electron chi connectivity index (χ4n) is 7.26. The molecule has 3 aliphatic heterocycles. The summed E-state index contributed by atoms with van der Waals surface area (Å²) >= 11 is 0. The summed E-state index contributed by atoms with van der Waals surface area (Å²) in [4.78, 5) is 41.0. The molecular formula is C35H42N8O4. The number of likely N-dealkylation sites (N-methyl/N-ethyl adjacent to an activating group) is 1. The smallest absolute Gasteiger partial charge is 0.291 e. The normalized spacial score (nSPS) is 17.3. The molecule has 2 aromatic heterocycles. The lowest BCUT2D eigenvalue weighted by Crippen LogP contribution is -2.42. The highest BCUT2D eigenvalue weighted by atomic mass is 16.5. The lowest BCUT2D eigenvalue weighted by Gasteiger charge is -2.36. The van der Waals surface area contributed by atoms with Gasteiger partial charge in [-0.05, 0) is 50.1 Å². The molecule has 0 aliphatic carbocycles. The van der Waals surface area contributed by atoms with E-state index in [2.05, 4.69) is 32.5 Å². The third kappa shape index (κ3) is 5.81. The fraction of sp³-hybridized carbons (Fsp3) is 0.429. The van der Waals surface area contributed by atoms with Gasteiger partial charge in [0.05, 0.1) is 17.1 Å². The van der Waals surface area contributed by atoms with Gasteiger partial charge in [-0.25, -0.2) is 9.97 Å². The molecule has 1 fully saturated rings. The van der Waals surface area contributed by atoms with Gasteiger partial charge in [0.25, 0.3) is 11.8 Å². The molecule has 246 valence electrons. The van der Waals surface area contributed by atoms with Crippen molar-refractivity contribution in [1.82, 2.24) is 28.9 Å². The predicted octanol–water partition coefficient (Wildman–Crippen LogP) is 3.86. The molecular weight excluding hydrogens is 596 g/mol. The standard InChI is InChI=1S/C35H42N8O4/c1-21-23(7-5-9-25(21)38-34(45)32-36-27-19-40(2)15-11-29(27)41(32)3)24-8-6-10-26(31(24)44)39-35(46)33-37-28-20-43(16-12-30(28)42(33)4)22-13-17-47-18-14-22/h5-10,22,44H,11-20H2,1-4H3,(H,38,45)(H,39,46). The Kier molecular flexibility index (Phi) is 8.33. The number of aromatic hydroxyl groups is 1. The molecule has 0 radical (unpaired) electrons. The summed E-state index contributed by atoms with van der Waals surface area (Å²) in [6.07, 6.45) is 3.71. The van der Waals surface area contributed by atoms with Crippen LogP contribution in [0.3, 0.4) is 0 Å². The number of para-hydroxylation sites is 1. The number of fused-ring (bicyclic) bond motifs is 2. The molecule has 7 rings (SSSR count). The third-order valence-electron chi connectivity index (χ3n) is 10.0. The highest BCUT2D eigenvalue weighted by molar-refractivity contribution is 6.05. The Bertz CT molecular complexity index is 1850.